The van der Waals surface area contributed by atoms with Crippen molar-refractivity contribution in [2.75, 3.05) is 6.61 Å². The average molecular weight is 266 g/mol. The maximum absolute atomic E-state index is 10.3. The Labute approximate surface area is 115 Å². The molecule has 108 valence electrons. The highest BCUT2D eigenvalue weighted by molar-refractivity contribution is 5.02. The van der Waals surface area contributed by atoms with Crippen LogP contribution < -0.4 is 0 Å². The molecule has 0 radical (unpaired) electrons. The fraction of sp³-hybridized carbons (Fsp3) is 0.800. The predicted octanol–water partition coefficient (Wildman–Crippen LogP) is 2.57. The van der Waals surface area contributed by atoms with E-state index in [4.69, 9.17) is 4.74 Å². The summed E-state index contributed by atoms with van der Waals surface area (Å²) >= 11 is 0. The van der Waals surface area contributed by atoms with Crippen LogP contribution in [0.3, 0.4) is 0 Å². The summed E-state index contributed by atoms with van der Waals surface area (Å²) in [4.78, 5) is 0. The van der Waals surface area contributed by atoms with Crippen LogP contribution in [0, 0.1) is 5.92 Å². The van der Waals surface area contributed by atoms with Crippen molar-refractivity contribution >= 4 is 0 Å². The Bertz CT molecular complexity index is 387. The van der Waals surface area contributed by atoms with Crippen LogP contribution in [0.2, 0.25) is 0 Å². The van der Waals surface area contributed by atoms with Gasteiger partial charge in [-0.25, -0.2) is 0 Å². The number of rotatable bonds is 6. The average Bonchev–Trinajstić information content (AvgIpc) is 3.00. The minimum Gasteiger partial charge on any atom is -0.392 e. The summed E-state index contributed by atoms with van der Waals surface area (Å²) in [6.07, 6.45) is 5.75. The second kappa shape index (κ2) is 6.53. The lowest BCUT2D eigenvalue weighted by Gasteiger charge is -2.15. The number of aliphatic hydroxyl groups excluding tert-OH is 1. The topological polar surface area (TPSA) is 47.3 Å². The Kier molecular flexibility index (Phi) is 4.99. The molecule has 4 heteroatoms. The third-order valence-corrected chi connectivity index (χ3v) is 4.17. The van der Waals surface area contributed by atoms with Gasteiger partial charge in [0.05, 0.1) is 30.6 Å². The molecule has 2 heterocycles. The second-order valence-corrected chi connectivity index (χ2v) is 5.67. The summed E-state index contributed by atoms with van der Waals surface area (Å²) in [5, 5.41) is 14.9. The fourth-order valence-electron chi connectivity index (χ4n) is 2.85. The van der Waals surface area contributed by atoms with E-state index >= 15 is 0 Å². The standard InChI is InChI=1S/C15H26N2O2/c1-4-14(5-2)17-7-6-13(16-17)9-15(18)12-8-11(3)19-10-12/h6-7,11-12,14-15,18H,4-5,8-10H2,1-3H3. The summed E-state index contributed by atoms with van der Waals surface area (Å²) in [6, 6.07) is 2.50. The van der Waals surface area contributed by atoms with E-state index in [1.54, 1.807) is 0 Å². The van der Waals surface area contributed by atoms with Gasteiger partial charge >= 0.3 is 0 Å². The lowest BCUT2D eigenvalue weighted by molar-refractivity contribution is 0.0800. The van der Waals surface area contributed by atoms with E-state index in [1.807, 2.05) is 16.9 Å². The predicted molar refractivity (Wildman–Crippen MR) is 75.1 cm³/mol. The van der Waals surface area contributed by atoms with Crippen molar-refractivity contribution in [2.24, 2.45) is 5.92 Å². The molecule has 0 spiro atoms. The Morgan fingerprint density at radius 2 is 2.21 bits per heavy atom. The Hall–Kier alpha value is -0.870. The van der Waals surface area contributed by atoms with Gasteiger partial charge in [0.25, 0.3) is 0 Å². The molecule has 4 nitrogen and oxygen atoms in total. The van der Waals surface area contributed by atoms with Gasteiger partial charge in [0.15, 0.2) is 0 Å². The molecule has 0 aliphatic carbocycles. The third kappa shape index (κ3) is 3.57. The smallest absolute Gasteiger partial charge is 0.0650 e. The van der Waals surface area contributed by atoms with Crippen molar-refractivity contribution in [1.82, 2.24) is 9.78 Å². The van der Waals surface area contributed by atoms with Crippen molar-refractivity contribution in [3.63, 3.8) is 0 Å². The molecule has 1 aromatic rings. The van der Waals surface area contributed by atoms with Crippen molar-refractivity contribution in [1.29, 1.82) is 0 Å². The summed E-state index contributed by atoms with van der Waals surface area (Å²) in [6.45, 7) is 7.10. The normalized spacial score (nSPS) is 25.1. The zero-order valence-electron chi connectivity index (χ0n) is 12.2. The minimum atomic E-state index is -0.338. The lowest BCUT2D eigenvalue weighted by Crippen LogP contribution is -2.23. The maximum atomic E-state index is 10.3. The molecule has 1 N–H and O–H groups in total. The lowest BCUT2D eigenvalue weighted by atomic mass is 9.96. The molecular formula is C15H26N2O2. The van der Waals surface area contributed by atoms with E-state index in [0.717, 1.165) is 25.0 Å². The second-order valence-electron chi connectivity index (χ2n) is 5.67. The molecular weight excluding hydrogens is 240 g/mol. The van der Waals surface area contributed by atoms with E-state index in [9.17, 15) is 5.11 Å². The zero-order valence-corrected chi connectivity index (χ0v) is 12.2. The highest BCUT2D eigenvalue weighted by atomic mass is 16.5. The van der Waals surface area contributed by atoms with Crippen LogP contribution in [-0.2, 0) is 11.2 Å². The number of hydrogen-bond acceptors (Lipinski definition) is 3. The summed E-state index contributed by atoms with van der Waals surface area (Å²) < 4.78 is 7.55. The monoisotopic (exact) mass is 266 g/mol. The van der Waals surface area contributed by atoms with Crippen LogP contribution >= 0.6 is 0 Å². The van der Waals surface area contributed by atoms with Gasteiger partial charge in [-0.3, -0.25) is 4.68 Å². The van der Waals surface area contributed by atoms with Crippen molar-refractivity contribution < 1.29 is 9.84 Å². The molecule has 0 saturated carbocycles. The first-order valence-corrected chi connectivity index (χ1v) is 7.47. The first-order chi connectivity index (χ1) is 9.13. The molecule has 1 aromatic heterocycles. The van der Waals surface area contributed by atoms with Gasteiger partial charge in [0.1, 0.15) is 0 Å². The van der Waals surface area contributed by atoms with Gasteiger partial charge in [0.2, 0.25) is 0 Å². The summed E-state index contributed by atoms with van der Waals surface area (Å²) in [5.41, 5.74) is 0.985. The van der Waals surface area contributed by atoms with Crippen LogP contribution in [0.1, 0.15) is 51.8 Å². The van der Waals surface area contributed by atoms with Gasteiger partial charge in [-0.2, -0.15) is 5.10 Å². The Morgan fingerprint density at radius 3 is 2.79 bits per heavy atom. The molecule has 19 heavy (non-hydrogen) atoms. The van der Waals surface area contributed by atoms with Crippen molar-refractivity contribution in [3.05, 3.63) is 18.0 Å². The van der Waals surface area contributed by atoms with Gasteiger partial charge in [0, 0.05) is 18.5 Å². The highest BCUT2D eigenvalue weighted by Crippen LogP contribution is 2.24. The number of nitrogens with zero attached hydrogens (tertiary/aromatic N) is 2. The van der Waals surface area contributed by atoms with E-state index in [-0.39, 0.29) is 18.1 Å². The molecule has 1 saturated heterocycles. The Morgan fingerprint density at radius 1 is 1.47 bits per heavy atom. The molecule has 1 aliphatic rings. The minimum absolute atomic E-state index is 0.258. The van der Waals surface area contributed by atoms with Crippen molar-refractivity contribution in [2.45, 2.75) is 64.7 Å². The van der Waals surface area contributed by atoms with E-state index in [2.05, 4.69) is 25.9 Å². The van der Waals surface area contributed by atoms with Crippen molar-refractivity contribution in [3.8, 4) is 0 Å². The molecule has 0 aromatic carbocycles. The number of aromatic nitrogens is 2. The molecule has 0 bridgehead atoms. The van der Waals surface area contributed by atoms with Crippen LogP contribution in [0.25, 0.3) is 0 Å². The van der Waals surface area contributed by atoms with Crippen LogP contribution in [0.5, 0.6) is 0 Å². The molecule has 1 fully saturated rings. The molecule has 1 aliphatic heterocycles. The number of aliphatic hydroxyl groups is 1. The molecule has 3 unspecified atom stereocenters. The number of hydrogen-bond donors (Lipinski definition) is 1. The van der Waals surface area contributed by atoms with Crippen LogP contribution in [0.4, 0.5) is 0 Å². The number of ether oxygens (including phenoxy) is 1. The fourth-order valence-corrected chi connectivity index (χ4v) is 2.85. The molecule has 3 atom stereocenters. The first kappa shape index (κ1) is 14.5. The molecule has 2 rings (SSSR count). The maximum Gasteiger partial charge on any atom is 0.0650 e. The summed E-state index contributed by atoms with van der Waals surface area (Å²) in [5.74, 6) is 0.258. The molecule has 0 amide bonds. The Balaban J connectivity index is 1.92. The van der Waals surface area contributed by atoms with Gasteiger partial charge in [-0.05, 0) is 32.3 Å². The SMILES string of the molecule is CCC(CC)n1ccc(CC(O)C2COC(C)C2)n1. The third-order valence-electron chi connectivity index (χ3n) is 4.17. The van der Waals surface area contributed by atoms with Gasteiger partial charge in [-0.15, -0.1) is 0 Å². The first-order valence-electron chi connectivity index (χ1n) is 7.47. The van der Waals surface area contributed by atoms with E-state index < -0.39 is 0 Å². The van der Waals surface area contributed by atoms with E-state index in [0.29, 0.717) is 19.1 Å². The largest absolute Gasteiger partial charge is 0.392 e. The van der Waals surface area contributed by atoms with Gasteiger partial charge in [-0.1, -0.05) is 13.8 Å². The van der Waals surface area contributed by atoms with Gasteiger partial charge < -0.3 is 9.84 Å². The summed E-state index contributed by atoms with van der Waals surface area (Å²) in [7, 11) is 0. The van der Waals surface area contributed by atoms with E-state index in [1.165, 1.54) is 0 Å². The van der Waals surface area contributed by atoms with Crippen LogP contribution in [0.15, 0.2) is 12.3 Å². The van der Waals surface area contributed by atoms with Crippen LogP contribution in [-0.4, -0.2) is 33.7 Å². The quantitative estimate of drug-likeness (QED) is 0.861. The highest BCUT2D eigenvalue weighted by Gasteiger charge is 2.28. The zero-order chi connectivity index (χ0) is 13.8.